The molecule has 2 aromatic rings. The molecule has 0 spiro atoms. The van der Waals surface area contributed by atoms with Gasteiger partial charge in [0.2, 0.25) is 5.91 Å². The molecule has 26 heavy (non-hydrogen) atoms. The average Bonchev–Trinajstić information content (AvgIpc) is 3.25. The Morgan fingerprint density at radius 2 is 2.08 bits per heavy atom. The number of nitrogens with one attached hydrogen (secondary N) is 2. The van der Waals surface area contributed by atoms with Crippen LogP contribution >= 0.6 is 36.2 Å². The minimum atomic E-state index is 0. The Morgan fingerprint density at radius 1 is 1.31 bits per heavy atom. The second-order valence-corrected chi connectivity index (χ2v) is 7.51. The predicted octanol–water partition coefficient (Wildman–Crippen LogP) is 4.01. The summed E-state index contributed by atoms with van der Waals surface area (Å²) in [5.41, 5.74) is 3.43. The number of halogens is 2. The van der Waals surface area contributed by atoms with Crippen LogP contribution < -0.4 is 10.6 Å². The first-order chi connectivity index (χ1) is 11.7. The largest absolute Gasteiger partial charge is 0.356 e. The van der Waals surface area contributed by atoms with Gasteiger partial charge in [-0.05, 0) is 50.8 Å². The summed E-state index contributed by atoms with van der Waals surface area (Å²) in [5, 5.41) is 9.55. The van der Waals surface area contributed by atoms with Crippen LogP contribution in [0.1, 0.15) is 29.8 Å². The lowest BCUT2D eigenvalue weighted by molar-refractivity contribution is -0.121. The van der Waals surface area contributed by atoms with Gasteiger partial charge in [0, 0.05) is 23.9 Å². The highest BCUT2D eigenvalue weighted by Gasteiger charge is 2.15. The molecule has 2 heterocycles. The van der Waals surface area contributed by atoms with Crippen molar-refractivity contribution in [2.24, 2.45) is 5.92 Å². The Kier molecular flexibility index (Phi) is 10.2. The zero-order chi connectivity index (χ0) is 16.8. The number of rotatable bonds is 7. The summed E-state index contributed by atoms with van der Waals surface area (Å²) in [6.45, 7) is 4.90. The van der Waals surface area contributed by atoms with Crippen molar-refractivity contribution in [2.75, 3.05) is 19.6 Å². The Morgan fingerprint density at radius 3 is 2.69 bits per heavy atom. The van der Waals surface area contributed by atoms with E-state index in [2.05, 4.69) is 45.3 Å². The summed E-state index contributed by atoms with van der Waals surface area (Å²) in [5.74, 6) is 0.856. The number of amides is 1. The predicted molar refractivity (Wildman–Crippen MR) is 114 cm³/mol. The summed E-state index contributed by atoms with van der Waals surface area (Å²) >= 11 is 1.67. The van der Waals surface area contributed by atoms with Gasteiger partial charge in [0.1, 0.15) is 0 Å². The van der Waals surface area contributed by atoms with Crippen molar-refractivity contribution in [3.63, 3.8) is 0 Å². The van der Waals surface area contributed by atoms with Crippen LogP contribution in [0.3, 0.4) is 0 Å². The molecule has 1 amide bonds. The third-order valence-electron chi connectivity index (χ3n) is 4.55. The van der Waals surface area contributed by atoms with E-state index >= 15 is 0 Å². The van der Waals surface area contributed by atoms with Crippen molar-refractivity contribution in [1.29, 1.82) is 0 Å². The van der Waals surface area contributed by atoms with Crippen LogP contribution in [0.25, 0.3) is 11.3 Å². The fourth-order valence-corrected chi connectivity index (χ4v) is 3.69. The lowest BCUT2D eigenvalue weighted by Gasteiger charge is -2.09. The molecule has 7 heteroatoms. The normalized spacial score (nSPS) is 15.8. The molecule has 3 rings (SSSR count). The standard InChI is InChI=1S/C19H25N3OS.2ClH/c1-14-22-18(13-24-14)17-5-2-15(3-6-17)9-11-21-19(23)7-4-16-8-10-20-12-16;;/h2-3,5-6,13,16,20H,4,7-12H2,1H3,(H,21,23);2*1H. The second-order valence-electron chi connectivity index (χ2n) is 6.45. The molecular formula is C19H27Cl2N3OS. The minimum Gasteiger partial charge on any atom is -0.356 e. The van der Waals surface area contributed by atoms with Gasteiger partial charge in [-0.25, -0.2) is 4.98 Å². The molecule has 1 fully saturated rings. The zero-order valence-corrected chi connectivity index (χ0v) is 17.4. The number of carbonyl (C=O) groups excluding carboxylic acids is 1. The number of carbonyl (C=O) groups is 1. The third kappa shape index (κ3) is 6.88. The highest BCUT2D eigenvalue weighted by molar-refractivity contribution is 7.09. The summed E-state index contributed by atoms with van der Waals surface area (Å²) in [4.78, 5) is 16.4. The number of aromatic nitrogens is 1. The van der Waals surface area contributed by atoms with Crippen LogP contribution in [0.15, 0.2) is 29.6 Å². The van der Waals surface area contributed by atoms with E-state index in [4.69, 9.17) is 0 Å². The topological polar surface area (TPSA) is 54.0 Å². The maximum atomic E-state index is 11.9. The molecule has 1 aromatic heterocycles. The van der Waals surface area contributed by atoms with E-state index < -0.39 is 0 Å². The Hall–Kier alpha value is -1.14. The van der Waals surface area contributed by atoms with Crippen molar-refractivity contribution in [2.45, 2.75) is 32.6 Å². The van der Waals surface area contributed by atoms with Crippen LogP contribution in [0.2, 0.25) is 0 Å². The van der Waals surface area contributed by atoms with Gasteiger partial charge >= 0.3 is 0 Å². The van der Waals surface area contributed by atoms with Gasteiger partial charge in [-0.2, -0.15) is 0 Å². The number of aryl methyl sites for hydroxylation is 1. The van der Waals surface area contributed by atoms with Crippen molar-refractivity contribution in [3.05, 3.63) is 40.2 Å². The van der Waals surface area contributed by atoms with Crippen LogP contribution in [0.4, 0.5) is 0 Å². The van der Waals surface area contributed by atoms with Gasteiger partial charge in [-0.3, -0.25) is 4.79 Å². The zero-order valence-electron chi connectivity index (χ0n) is 15.0. The highest BCUT2D eigenvalue weighted by atomic mass is 35.5. The fourth-order valence-electron chi connectivity index (χ4n) is 3.07. The van der Waals surface area contributed by atoms with Crippen LogP contribution in [-0.4, -0.2) is 30.5 Å². The third-order valence-corrected chi connectivity index (χ3v) is 5.32. The van der Waals surface area contributed by atoms with E-state index in [9.17, 15) is 4.79 Å². The molecule has 0 radical (unpaired) electrons. The summed E-state index contributed by atoms with van der Waals surface area (Å²) in [6, 6.07) is 8.47. The number of hydrogen-bond acceptors (Lipinski definition) is 4. The molecule has 144 valence electrons. The van der Waals surface area contributed by atoms with Gasteiger partial charge in [0.15, 0.2) is 0 Å². The summed E-state index contributed by atoms with van der Waals surface area (Å²) in [7, 11) is 0. The van der Waals surface area contributed by atoms with Gasteiger partial charge in [0.25, 0.3) is 0 Å². The molecule has 0 aliphatic carbocycles. The summed E-state index contributed by atoms with van der Waals surface area (Å²) in [6.07, 6.45) is 3.72. The van der Waals surface area contributed by atoms with E-state index in [1.165, 1.54) is 12.0 Å². The average molecular weight is 416 g/mol. The minimum absolute atomic E-state index is 0. The Bertz CT molecular complexity index is 670. The number of thiazole rings is 1. The lowest BCUT2D eigenvalue weighted by Crippen LogP contribution is -2.26. The summed E-state index contributed by atoms with van der Waals surface area (Å²) < 4.78 is 0. The molecule has 1 unspecified atom stereocenters. The molecule has 0 bridgehead atoms. The Balaban J connectivity index is 0.00000169. The molecule has 2 N–H and O–H groups in total. The maximum Gasteiger partial charge on any atom is 0.220 e. The van der Waals surface area contributed by atoms with Crippen LogP contribution in [-0.2, 0) is 11.2 Å². The van der Waals surface area contributed by atoms with Crippen molar-refractivity contribution < 1.29 is 4.79 Å². The maximum absolute atomic E-state index is 11.9. The molecule has 1 aromatic carbocycles. The van der Waals surface area contributed by atoms with E-state index in [0.29, 0.717) is 18.9 Å². The molecule has 4 nitrogen and oxygen atoms in total. The molecule has 1 atom stereocenters. The van der Waals surface area contributed by atoms with Gasteiger partial charge in [0.05, 0.1) is 10.7 Å². The number of nitrogens with zero attached hydrogens (tertiary/aromatic N) is 1. The highest BCUT2D eigenvalue weighted by Crippen LogP contribution is 2.21. The lowest BCUT2D eigenvalue weighted by atomic mass is 10.0. The van der Waals surface area contributed by atoms with Gasteiger partial charge in [-0.1, -0.05) is 24.3 Å². The van der Waals surface area contributed by atoms with E-state index in [1.54, 1.807) is 11.3 Å². The van der Waals surface area contributed by atoms with Crippen molar-refractivity contribution in [1.82, 2.24) is 15.6 Å². The molecule has 1 saturated heterocycles. The number of hydrogen-bond donors (Lipinski definition) is 2. The second kappa shape index (κ2) is 11.5. The van der Waals surface area contributed by atoms with Crippen molar-refractivity contribution in [3.8, 4) is 11.3 Å². The van der Waals surface area contributed by atoms with E-state index in [0.717, 1.165) is 42.2 Å². The first kappa shape index (κ1) is 22.9. The fraction of sp³-hybridized carbons (Fsp3) is 0.474. The molecule has 0 saturated carbocycles. The van der Waals surface area contributed by atoms with Gasteiger partial charge in [-0.15, -0.1) is 36.2 Å². The van der Waals surface area contributed by atoms with Crippen LogP contribution in [0, 0.1) is 12.8 Å². The Labute approximate surface area is 172 Å². The van der Waals surface area contributed by atoms with Gasteiger partial charge < -0.3 is 10.6 Å². The quantitative estimate of drug-likeness (QED) is 0.717. The first-order valence-electron chi connectivity index (χ1n) is 8.69. The SMILES string of the molecule is Cc1nc(-c2ccc(CCNC(=O)CCC3CCNC3)cc2)cs1.Cl.Cl. The molecule has 1 aliphatic rings. The number of benzene rings is 1. The van der Waals surface area contributed by atoms with E-state index in [-0.39, 0.29) is 30.7 Å². The van der Waals surface area contributed by atoms with Crippen molar-refractivity contribution >= 4 is 42.1 Å². The van der Waals surface area contributed by atoms with E-state index in [1.807, 2.05) is 6.92 Å². The smallest absolute Gasteiger partial charge is 0.220 e. The molecule has 1 aliphatic heterocycles. The monoisotopic (exact) mass is 415 g/mol. The van der Waals surface area contributed by atoms with Crippen LogP contribution in [0.5, 0.6) is 0 Å². The molecular weight excluding hydrogens is 389 g/mol. The first-order valence-corrected chi connectivity index (χ1v) is 9.57.